The van der Waals surface area contributed by atoms with Crippen LogP contribution in [-0.4, -0.2) is 9.97 Å². The fourth-order valence-electron chi connectivity index (χ4n) is 1.79. The van der Waals surface area contributed by atoms with Crippen LogP contribution in [0.4, 0.5) is 10.1 Å². The van der Waals surface area contributed by atoms with Crippen molar-refractivity contribution in [3.63, 3.8) is 0 Å². The lowest BCUT2D eigenvalue weighted by Gasteiger charge is -2.03. The lowest BCUT2D eigenvalue weighted by Crippen LogP contribution is -1.91. The number of hydrogen-bond donors (Lipinski definition) is 1. The molecule has 0 aliphatic rings. The summed E-state index contributed by atoms with van der Waals surface area (Å²) in [7, 11) is 0. The number of hydrogen-bond acceptors (Lipinski definition) is 3. The van der Waals surface area contributed by atoms with E-state index in [1.807, 2.05) is 6.07 Å². The first-order valence-corrected chi connectivity index (χ1v) is 5.50. The highest BCUT2D eigenvalue weighted by Gasteiger charge is 2.03. The standard InChI is InChI=1S/C14H10FN3/c15-10-3-1-9(2-4-10)14-8-17-13-7-11(16)5-6-12(13)18-14/h1-8H,16H2. The molecule has 2 aromatic carbocycles. The normalized spacial score (nSPS) is 10.7. The van der Waals surface area contributed by atoms with Gasteiger partial charge in [0.25, 0.3) is 0 Å². The Kier molecular flexibility index (Phi) is 2.41. The Balaban J connectivity index is 2.13. The molecule has 0 bridgehead atoms. The van der Waals surface area contributed by atoms with Crippen LogP contribution >= 0.6 is 0 Å². The summed E-state index contributed by atoms with van der Waals surface area (Å²) in [5.41, 5.74) is 9.41. The number of aromatic nitrogens is 2. The number of halogens is 1. The summed E-state index contributed by atoms with van der Waals surface area (Å²) >= 11 is 0. The Morgan fingerprint density at radius 3 is 2.50 bits per heavy atom. The molecule has 4 heteroatoms. The second kappa shape index (κ2) is 4.07. The van der Waals surface area contributed by atoms with Crippen LogP contribution in [0.5, 0.6) is 0 Å². The minimum atomic E-state index is -0.264. The molecule has 0 amide bonds. The van der Waals surface area contributed by atoms with Crippen molar-refractivity contribution in [2.24, 2.45) is 0 Å². The van der Waals surface area contributed by atoms with E-state index in [0.29, 0.717) is 11.4 Å². The summed E-state index contributed by atoms with van der Waals surface area (Å²) < 4.78 is 12.8. The van der Waals surface area contributed by atoms with Crippen LogP contribution < -0.4 is 5.73 Å². The molecule has 18 heavy (non-hydrogen) atoms. The van der Waals surface area contributed by atoms with Gasteiger partial charge in [0.15, 0.2) is 0 Å². The van der Waals surface area contributed by atoms with Crippen molar-refractivity contribution >= 4 is 16.7 Å². The Morgan fingerprint density at radius 1 is 0.944 bits per heavy atom. The zero-order valence-corrected chi connectivity index (χ0v) is 9.47. The Morgan fingerprint density at radius 2 is 1.72 bits per heavy atom. The molecule has 0 unspecified atom stereocenters. The highest BCUT2D eigenvalue weighted by atomic mass is 19.1. The molecular formula is C14H10FN3. The highest BCUT2D eigenvalue weighted by molar-refractivity contribution is 5.80. The molecule has 0 aliphatic heterocycles. The van der Waals surface area contributed by atoms with E-state index in [9.17, 15) is 4.39 Å². The van der Waals surface area contributed by atoms with Crippen molar-refractivity contribution in [2.45, 2.75) is 0 Å². The van der Waals surface area contributed by atoms with Gasteiger partial charge in [0.05, 0.1) is 22.9 Å². The zero-order chi connectivity index (χ0) is 12.5. The van der Waals surface area contributed by atoms with E-state index in [4.69, 9.17) is 5.73 Å². The maximum atomic E-state index is 12.8. The SMILES string of the molecule is Nc1ccc2nc(-c3ccc(F)cc3)cnc2c1. The van der Waals surface area contributed by atoms with Crippen molar-refractivity contribution in [3.05, 3.63) is 54.5 Å². The van der Waals surface area contributed by atoms with Crippen LogP contribution in [0.2, 0.25) is 0 Å². The fourth-order valence-corrected chi connectivity index (χ4v) is 1.79. The van der Waals surface area contributed by atoms with Crippen LogP contribution in [0.15, 0.2) is 48.7 Å². The van der Waals surface area contributed by atoms with Crippen molar-refractivity contribution in [2.75, 3.05) is 5.73 Å². The molecule has 3 nitrogen and oxygen atoms in total. The second-order valence-electron chi connectivity index (χ2n) is 4.01. The molecule has 2 N–H and O–H groups in total. The largest absolute Gasteiger partial charge is 0.399 e. The lowest BCUT2D eigenvalue weighted by atomic mass is 10.1. The summed E-state index contributed by atoms with van der Waals surface area (Å²) in [6.45, 7) is 0. The van der Waals surface area contributed by atoms with Crippen LogP contribution in [0, 0.1) is 5.82 Å². The van der Waals surface area contributed by atoms with Gasteiger partial charge in [-0.1, -0.05) is 0 Å². The van der Waals surface area contributed by atoms with E-state index >= 15 is 0 Å². The molecule has 1 aromatic heterocycles. The number of nitrogen functional groups attached to an aromatic ring is 1. The van der Waals surface area contributed by atoms with Crippen molar-refractivity contribution in [1.29, 1.82) is 0 Å². The van der Waals surface area contributed by atoms with Gasteiger partial charge in [-0.3, -0.25) is 4.98 Å². The van der Waals surface area contributed by atoms with Gasteiger partial charge < -0.3 is 5.73 Å². The van der Waals surface area contributed by atoms with E-state index in [2.05, 4.69) is 9.97 Å². The van der Waals surface area contributed by atoms with Crippen molar-refractivity contribution in [3.8, 4) is 11.3 Å². The Hall–Kier alpha value is -2.49. The minimum Gasteiger partial charge on any atom is -0.399 e. The monoisotopic (exact) mass is 239 g/mol. The van der Waals surface area contributed by atoms with Crippen LogP contribution in [0.3, 0.4) is 0 Å². The molecule has 0 radical (unpaired) electrons. The van der Waals surface area contributed by atoms with Crippen LogP contribution in [0.25, 0.3) is 22.3 Å². The van der Waals surface area contributed by atoms with E-state index in [0.717, 1.165) is 16.6 Å². The molecule has 0 saturated heterocycles. The maximum absolute atomic E-state index is 12.8. The minimum absolute atomic E-state index is 0.264. The third-order valence-corrected chi connectivity index (χ3v) is 2.71. The summed E-state index contributed by atoms with van der Waals surface area (Å²) in [5.74, 6) is -0.264. The summed E-state index contributed by atoms with van der Waals surface area (Å²) in [6.07, 6.45) is 1.66. The Labute approximate surface area is 103 Å². The fraction of sp³-hybridized carbons (Fsp3) is 0. The number of benzene rings is 2. The molecule has 0 aliphatic carbocycles. The lowest BCUT2D eigenvalue weighted by molar-refractivity contribution is 0.628. The summed E-state index contributed by atoms with van der Waals surface area (Å²) in [5, 5.41) is 0. The molecule has 0 fully saturated rings. The van der Waals surface area contributed by atoms with Gasteiger partial charge in [0.1, 0.15) is 5.82 Å². The number of nitrogens with zero attached hydrogens (tertiary/aromatic N) is 2. The summed E-state index contributed by atoms with van der Waals surface area (Å²) in [4.78, 5) is 8.78. The van der Waals surface area contributed by atoms with Crippen LogP contribution in [-0.2, 0) is 0 Å². The first-order valence-electron chi connectivity index (χ1n) is 5.50. The molecule has 3 rings (SSSR count). The molecule has 0 spiro atoms. The van der Waals surface area contributed by atoms with Crippen molar-refractivity contribution in [1.82, 2.24) is 9.97 Å². The van der Waals surface area contributed by atoms with Gasteiger partial charge >= 0.3 is 0 Å². The molecule has 3 aromatic rings. The molecule has 0 atom stereocenters. The second-order valence-corrected chi connectivity index (χ2v) is 4.01. The first-order chi connectivity index (χ1) is 8.72. The smallest absolute Gasteiger partial charge is 0.123 e. The average molecular weight is 239 g/mol. The third kappa shape index (κ3) is 1.88. The van der Waals surface area contributed by atoms with Gasteiger partial charge in [-0.05, 0) is 42.5 Å². The van der Waals surface area contributed by atoms with Gasteiger partial charge in [-0.2, -0.15) is 0 Å². The Bertz CT molecular complexity index is 708. The quantitative estimate of drug-likeness (QED) is 0.664. The van der Waals surface area contributed by atoms with Gasteiger partial charge in [0, 0.05) is 11.3 Å². The van der Waals surface area contributed by atoms with Crippen molar-refractivity contribution < 1.29 is 4.39 Å². The van der Waals surface area contributed by atoms with Gasteiger partial charge in [0.2, 0.25) is 0 Å². The number of anilines is 1. The van der Waals surface area contributed by atoms with E-state index in [1.54, 1.807) is 30.5 Å². The topological polar surface area (TPSA) is 51.8 Å². The molecule has 1 heterocycles. The molecular weight excluding hydrogens is 229 g/mol. The molecule has 0 saturated carbocycles. The van der Waals surface area contributed by atoms with Gasteiger partial charge in [-0.25, -0.2) is 9.37 Å². The van der Waals surface area contributed by atoms with E-state index in [1.165, 1.54) is 12.1 Å². The zero-order valence-electron chi connectivity index (χ0n) is 9.47. The maximum Gasteiger partial charge on any atom is 0.123 e. The number of nitrogens with two attached hydrogens (primary N) is 1. The third-order valence-electron chi connectivity index (χ3n) is 2.71. The number of fused-ring (bicyclic) bond motifs is 1. The first kappa shape index (κ1) is 10.7. The number of rotatable bonds is 1. The van der Waals surface area contributed by atoms with Gasteiger partial charge in [-0.15, -0.1) is 0 Å². The average Bonchev–Trinajstić information content (AvgIpc) is 2.39. The molecule has 88 valence electrons. The highest BCUT2D eigenvalue weighted by Crippen LogP contribution is 2.20. The van der Waals surface area contributed by atoms with E-state index in [-0.39, 0.29) is 5.82 Å². The van der Waals surface area contributed by atoms with E-state index < -0.39 is 0 Å². The summed E-state index contributed by atoms with van der Waals surface area (Å²) in [6, 6.07) is 11.6. The van der Waals surface area contributed by atoms with Crippen LogP contribution in [0.1, 0.15) is 0 Å². The predicted octanol–water partition coefficient (Wildman–Crippen LogP) is 3.02. The predicted molar refractivity (Wildman–Crippen MR) is 69.3 cm³/mol.